The molecule has 2 rings (SSSR count). The number of rotatable bonds is 7. The second-order valence-electron chi connectivity index (χ2n) is 5.47. The number of amides is 2. The summed E-state index contributed by atoms with van der Waals surface area (Å²) in [5.41, 5.74) is 3.24. The second kappa shape index (κ2) is 8.73. The zero-order valence-corrected chi connectivity index (χ0v) is 13.3. The molecule has 23 heavy (non-hydrogen) atoms. The Labute approximate surface area is 136 Å². The fourth-order valence-corrected chi connectivity index (χ4v) is 2.32. The van der Waals surface area contributed by atoms with Crippen molar-refractivity contribution in [3.63, 3.8) is 0 Å². The Morgan fingerprint density at radius 1 is 0.913 bits per heavy atom. The van der Waals surface area contributed by atoms with E-state index in [2.05, 4.69) is 29.7 Å². The summed E-state index contributed by atoms with van der Waals surface area (Å²) in [6.07, 6.45) is 2.07. The summed E-state index contributed by atoms with van der Waals surface area (Å²) in [6, 6.07) is 17.4. The van der Waals surface area contributed by atoms with E-state index < -0.39 is 0 Å². The van der Waals surface area contributed by atoms with E-state index in [1.165, 1.54) is 11.1 Å². The lowest BCUT2D eigenvalue weighted by Crippen LogP contribution is -2.32. The highest BCUT2D eigenvalue weighted by Crippen LogP contribution is 2.10. The maximum atomic E-state index is 11.8. The molecule has 0 bridgehead atoms. The standard InChI is InChI=1S/C19H22N2O2/c1-15-8-5-6-9-16(15)10-7-13-18(22)20-14-19(23)21-17-11-3-2-4-12-17/h2-6,8-9,11-12H,7,10,13-14H2,1H3,(H,20,22)(H,21,23). The minimum Gasteiger partial charge on any atom is -0.347 e. The van der Waals surface area contributed by atoms with Crippen LogP contribution in [0.1, 0.15) is 24.0 Å². The van der Waals surface area contributed by atoms with Crippen LogP contribution in [0.3, 0.4) is 0 Å². The van der Waals surface area contributed by atoms with Crippen molar-refractivity contribution >= 4 is 17.5 Å². The van der Waals surface area contributed by atoms with Gasteiger partial charge < -0.3 is 10.6 Å². The van der Waals surface area contributed by atoms with Crippen LogP contribution in [-0.2, 0) is 16.0 Å². The number of aryl methyl sites for hydroxylation is 2. The van der Waals surface area contributed by atoms with Crippen molar-refractivity contribution in [2.45, 2.75) is 26.2 Å². The third-order valence-corrected chi connectivity index (χ3v) is 3.61. The van der Waals surface area contributed by atoms with Crippen LogP contribution in [0, 0.1) is 6.92 Å². The van der Waals surface area contributed by atoms with E-state index in [0.717, 1.165) is 18.5 Å². The van der Waals surface area contributed by atoms with Crippen molar-refractivity contribution in [1.29, 1.82) is 0 Å². The van der Waals surface area contributed by atoms with Gasteiger partial charge in [0.05, 0.1) is 6.54 Å². The molecule has 120 valence electrons. The molecule has 4 heteroatoms. The van der Waals surface area contributed by atoms with Gasteiger partial charge in [0.25, 0.3) is 0 Å². The monoisotopic (exact) mass is 310 g/mol. The maximum absolute atomic E-state index is 11.8. The molecule has 0 unspecified atom stereocenters. The fraction of sp³-hybridized carbons (Fsp3) is 0.263. The van der Waals surface area contributed by atoms with E-state index in [1.54, 1.807) is 0 Å². The average Bonchev–Trinajstić information content (AvgIpc) is 2.56. The SMILES string of the molecule is Cc1ccccc1CCCC(=O)NCC(=O)Nc1ccccc1. The van der Waals surface area contributed by atoms with Gasteiger partial charge in [0.15, 0.2) is 0 Å². The van der Waals surface area contributed by atoms with Gasteiger partial charge in [-0.25, -0.2) is 0 Å². The molecule has 2 N–H and O–H groups in total. The summed E-state index contributed by atoms with van der Waals surface area (Å²) in [4.78, 5) is 23.5. The molecule has 2 aromatic rings. The van der Waals surface area contributed by atoms with Gasteiger partial charge in [-0.15, -0.1) is 0 Å². The number of anilines is 1. The summed E-state index contributed by atoms with van der Waals surface area (Å²) in [7, 11) is 0. The van der Waals surface area contributed by atoms with Crippen LogP contribution in [0.25, 0.3) is 0 Å². The quantitative estimate of drug-likeness (QED) is 0.825. The Kier molecular flexibility index (Phi) is 6.36. The number of hydrogen-bond donors (Lipinski definition) is 2. The number of benzene rings is 2. The molecule has 2 aromatic carbocycles. The van der Waals surface area contributed by atoms with Crippen molar-refractivity contribution in [3.8, 4) is 0 Å². The molecule has 0 heterocycles. The first kappa shape index (κ1) is 16.7. The van der Waals surface area contributed by atoms with Crippen LogP contribution >= 0.6 is 0 Å². The molecule has 0 saturated heterocycles. The lowest BCUT2D eigenvalue weighted by atomic mass is 10.0. The van der Waals surface area contributed by atoms with E-state index in [9.17, 15) is 9.59 Å². The molecule has 0 aliphatic heterocycles. The van der Waals surface area contributed by atoms with Crippen molar-refractivity contribution in [3.05, 3.63) is 65.7 Å². The summed E-state index contributed by atoms with van der Waals surface area (Å²) in [5, 5.41) is 5.39. The van der Waals surface area contributed by atoms with Gasteiger partial charge in [0.2, 0.25) is 11.8 Å². The zero-order chi connectivity index (χ0) is 16.5. The summed E-state index contributed by atoms with van der Waals surface area (Å²) < 4.78 is 0. The summed E-state index contributed by atoms with van der Waals surface area (Å²) in [5.74, 6) is -0.315. The van der Waals surface area contributed by atoms with Crippen molar-refractivity contribution in [2.75, 3.05) is 11.9 Å². The van der Waals surface area contributed by atoms with Gasteiger partial charge in [-0.05, 0) is 43.0 Å². The van der Waals surface area contributed by atoms with Crippen LogP contribution in [0.4, 0.5) is 5.69 Å². The molecule has 0 saturated carbocycles. The van der Waals surface area contributed by atoms with Crippen LogP contribution in [0.5, 0.6) is 0 Å². The molecule has 0 atom stereocenters. The second-order valence-corrected chi connectivity index (χ2v) is 5.47. The van der Waals surface area contributed by atoms with Crippen LogP contribution in [-0.4, -0.2) is 18.4 Å². The zero-order valence-electron chi connectivity index (χ0n) is 13.3. The molecular weight excluding hydrogens is 288 g/mol. The summed E-state index contributed by atoms with van der Waals surface area (Å²) >= 11 is 0. The van der Waals surface area contributed by atoms with Gasteiger partial charge >= 0.3 is 0 Å². The maximum Gasteiger partial charge on any atom is 0.243 e. The van der Waals surface area contributed by atoms with Gasteiger partial charge in [-0.3, -0.25) is 9.59 Å². The molecule has 0 radical (unpaired) electrons. The van der Waals surface area contributed by atoms with E-state index in [0.29, 0.717) is 6.42 Å². The number of hydrogen-bond acceptors (Lipinski definition) is 2. The van der Waals surface area contributed by atoms with Gasteiger partial charge in [-0.2, -0.15) is 0 Å². The first-order valence-electron chi connectivity index (χ1n) is 7.81. The average molecular weight is 310 g/mol. The molecule has 4 nitrogen and oxygen atoms in total. The first-order valence-corrected chi connectivity index (χ1v) is 7.81. The smallest absolute Gasteiger partial charge is 0.243 e. The fourth-order valence-electron chi connectivity index (χ4n) is 2.32. The Morgan fingerprint density at radius 3 is 2.35 bits per heavy atom. The predicted molar refractivity (Wildman–Crippen MR) is 92.2 cm³/mol. The van der Waals surface area contributed by atoms with E-state index in [1.807, 2.05) is 42.5 Å². The third kappa shape index (κ3) is 5.94. The Balaban J connectivity index is 1.65. The highest BCUT2D eigenvalue weighted by atomic mass is 16.2. The lowest BCUT2D eigenvalue weighted by Gasteiger charge is -2.08. The highest BCUT2D eigenvalue weighted by molar-refractivity contribution is 5.94. The topological polar surface area (TPSA) is 58.2 Å². The normalized spacial score (nSPS) is 10.1. The van der Waals surface area contributed by atoms with Crippen molar-refractivity contribution < 1.29 is 9.59 Å². The minimum absolute atomic E-state index is 0.00189. The number of nitrogens with one attached hydrogen (secondary N) is 2. The Bertz CT molecular complexity index is 653. The molecule has 0 spiro atoms. The van der Waals surface area contributed by atoms with E-state index >= 15 is 0 Å². The van der Waals surface area contributed by atoms with Gasteiger partial charge in [-0.1, -0.05) is 42.5 Å². The number of carbonyl (C=O) groups is 2. The van der Waals surface area contributed by atoms with Crippen LogP contribution < -0.4 is 10.6 Å². The van der Waals surface area contributed by atoms with Crippen molar-refractivity contribution in [1.82, 2.24) is 5.32 Å². The van der Waals surface area contributed by atoms with Gasteiger partial charge in [0, 0.05) is 12.1 Å². The van der Waals surface area contributed by atoms with Crippen molar-refractivity contribution in [2.24, 2.45) is 0 Å². The Hall–Kier alpha value is -2.62. The van der Waals surface area contributed by atoms with E-state index in [-0.39, 0.29) is 18.4 Å². The molecule has 0 fully saturated rings. The molecule has 0 aliphatic rings. The molecule has 2 amide bonds. The van der Waals surface area contributed by atoms with Gasteiger partial charge in [0.1, 0.15) is 0 Å². The number of para-hydroxylation sites is 1. The Morgan fingerprint density at radius 2 is 1.61 bits per heavy atom. The highest BCUT2D eigenvalue weighted by Gasteiger charge is 2.06. The largest absolute Gasteiger partial charge is 0.347 e. The predicted octanol–water partition coefficient (Wildman–Crippen LogP) is 3.07. The van der Waals surface area contributed by atoms with E-state index in [4.69, 9.17) is 0 Å². The number of carbonyl (C=O) groups excluding carboxylic acids is 2. The van der Waals surface area contributed by atoms with Crippen LogP contribution in [0.15, 0.2) is 54.6 Å². The third-order valence-electron chi connectivity index (χ3n) is 3.61. The lowest BCUT2D eigenvalue weighted by molar-refractivity contribution is -0.124. The molecular formula is C19H22N2O2. The first-order chi connectivity index (χ1) is 11.1. The minimum atomic E-state index is -0.219. The van der Waals surface area contributed by atoms with Crippen LogP contribution in [0.2, 0.25) is 0 Å². The molecule has 0 aliphatic carbocycles. The molecule has 0 aromatic heterocycles. The summed E-state index contributed by atoms with van der Waals surface area (Å²) in [6.45, 7) is 2.07.